The first-order valence-electron chi connectivity index (χ1n) is 10.6. The first kappa shape index (κ1) is 23.8. The van der Waals surface area contributed by atoms with Crippen LogP contribution >= 0.6 is 0 Å². The zero-order valence-corrected chi connectivity index (χ0v) is 18.7. The van der Waals surface area contributed by atoms with Crippen LogP contribution in [-0.4, -0.2) is 54.0 Å². The minimum absolute atomic E-state index is 0.120. The molecule has 8 nitrogen and oxygen atoms in total. The van der Waals surface area contributed by atoms with E-state index in [-0.39, 0.29) is 12.0 Å². The summed E-state index contributed by atoms with van der Waals surface area (Å²) in [6.07, 6.45) is 0.300. The summed E-state index contributed by atoms with van der Waals surface area (Å²) in [6, 6.07) is -0.120. The predicted octanol–water partition coefficient (Wildman–Crippen LogP) is 4.20. The highest BCUT2D eigenvalue weighted by Crippen LogP contribution is 2.29. The number of fused-ring (bicyclic) bond motifs is 1. The van der Waals surface area contributed by atoms with Crippen molar-refractivity contribution in [3.05, 3.63) is 35.4 Å². The van der Waals surface area contributed by atoms with Crippen LogP contribution in [0, 0.1) is 0 Å². The lowest BCUT2D eigenvalue weighted by Gasteiger charge is -2.38. The molecule has 0 radical (unpaired) electrons. The smallest absolute Gasteiger partial charge is 0.419 e. The van der Waals surface area contributed by atoms with E-state index in [1.54, 1.807) is 0 Å². The second-order valence-electron chi connectivity index (χ2n) is 9.12. The number of halogens is 3. The molecule has 0 unspecified atom stereocenters. The number of hydrogen-bond acceptors (Lipinski definition) is 5. The van der Waals surface area contributed by atoms with Crippen molar-refractivity contribution in [3.8, 4) is 0 Å². The first-order valence-corrected chi connectivity index (χ1v) is 10.6. The Morgan fingerprint density at radius 2 is 1.91 bits per heavy atom. The highest BCUT2D eigenvalue weighted by atomic mass is 19.4. The van der Waals surface area contributed by atoms with Gasteiger partial charge in [-0.2, -0.15) is 18.3 Å². The van der Waals surface area contributed by atoms with Crippen LogP contribution in [0.4, 0.5) is 23.9 Å². The van der Waals surface area contributed by atoms with Gasteiger partial charge in [-0.05, 0) is 40.5 Å². The zero-order valence-electron chi connectivity index (χ0n) is 18.7. The molecule has 0 aromatic carbocycles. The van der Waals surface area contributed by atoms with Crippen molar-refractivity contribution < 1.29 is 23.1 Å². The van der Waals surface area contributed by atoms with Crippen LogP contribution in [0.3, 0.4) is 0 Å². The summed E-state index contributed by atoms with van der Waals surface area (Å²) in [5, 5.41) is 14.1. The highest BCUT2D eigenvalue weighted by molar-refractivity contribution is 5.66. The number of rotatable bonds is 6. The molecular weight excluding hydrogens is 425 g/mol. The molecule has 3 rings (SSSR count). The van der Waals surface area contributed by atoms with Crippen LogP contribution in [-0.2, 0) is 25.7 Å². The fraction of sp³-hybridized carbons (Fsp3) is 0.619. The fourth-order valence-electron chi connectivity index (χ4n) is 4.10. The monoisotopic (exact) mass is 454 g/mol. The number of aromatic nitrogens is 4. The van der Waals surface area contributed by atoms with Gasteiger partial charge < -0.3 is 14.9 Å². The Kier molecular flexibility index (Phi) is 6.66. The summed E-state index contributed by atoms with van der Waals surface area (Å²) in [7, 11) is 0. The normalized spacial score (nSPS) is 15.4. The van der Waals surface area contributed by atoms with Gasteiger partial charge in [0.1, 0.15) is 0 Å². The number of carbonyl (C=O) groups is 1. The molecule has 0 bridgehead atoms. The van der Waals surface area contributed by atoms with Gasteiger partial charge in [-0.15, -0.1) is 0 Å². The molecule has 0 aliphatic carbocycles. The second kappa shape index (κ2) is 8.95. The van der Waals surface area contributed by atoms with Crippen molar-refractivity contribution in [2.75, 3.05) is 11.4 Å². The molecule has 1 amide bonds. The number of aryl methyl sites for hydroxylation is 1. The van der Waals surface area contributed by atoms with Crippen molar-refractivity contribution in [2.45, 2.75) is 77.8 Å². The average molecular weight is 454 g/mol. The minimum Gasteiger partial charge on any atom is -0.465 e. The van der Waals surface area contributed by atoms with Gasteiger partial charge in [0, 0.05) is 61.8 Å². The number of amides is 1. The molecule has 0 spiro atoms. The molecule has 1 N–H and O–H groups in total. The van der Waals surface area contributed by atoms with E-state index in [0.717, 1.165) is 30.1 Å². The summed E-state index contributed by atoms with van der Waals surface area (Å²) in [4.78, 5) is 22.7. The summed E-state index contributed by atoms with van der Waals surface area (Å²) < 4.78 is 40.0. The minimum atomic E-state index is -4.46. The van der Waals surface area contributed by atoms with Crippen LogP contribution in [0.1, 0.15) is 57.4 Å². The van der Waals surface area contributed by atoms with E-state index in [1.165, 1.54) is 4.90 Å². The van der Waals surface area contributed by atoms with Crippen molar-refractivity contribution in [1.29, 1.82) is 0 Å². The molecule has 0 saturated carbocycles. The number of hydrogen-bond donors (Lipinski definition) is 1. The standard InChI is InChI=1S/C21H29F3N6O2/c1-14(30(19(31)32)20(2,3)4)6-5-8-29-13-15-12-28(9-7-17(15)27-29)18-25-10-16(11-26-18)21(22,23)24/h10-11,13-14H,5-9,12H2,1-4H3,(H,31,32)/t14-/m0/s1. The van der Waals surface area contributed by atoms with Gasteiger partial charge in [-0.1, -0.05) is 0 Å². The maximum atomic E-state index is 12.7. The Hall–Kier alpha value is -2.85. The molecule has 11 heteroatoms. The Morgan fingerprint density at radius 3 is 2.47 bits per heavy atom. The van der Waals surface area contributed by atoms with E-state index in [1.807, 2.05) is 43.5 Å². The quantitative estimate of drug-likeness (QED) is 0.704. The van der Waals surface area contributed by atoms with Crippen LogP contribution in [0.15, 0.2) is 18.6 Å². The lowest BCUT2D eigenvalue weighted by molar-refractivity contribution is -0.138. The van der Waals surface area contributed by atoms with Crippen LogP contribution in [0.2, 0.25) is 0 Å². The number of anilines is 1. The van der Waals surface area contributed by atoms with Gasteiger partial charge in [-0.25, -0.2) is 14.8 Å². The van der Waals surface area contributed by atoms with Crippen LogP contribution < -0.4 is 4.90 Å². The van der Waals surface area contributed by atoms with Crippen molar-refractivity contribution in [2.24, 2.45) is 0 Å². The average Bonchev–Trinajstić information content (AvgIpc) is 3.07. The van der Waals surface area contributed by atoms with Gasteiger partial charge in [0.15, 0.2) is 0 Å². The number of nitrogens with zero attached hydrogens (tertiary/aromatic N) is 6. The van der Waals surface area contributed by atoms with E-state index in [9.17, 15) is 23.1 Å². The molecule has 176 valence electrons. The molecule has 1 atom stereocenters. The van der Waals surface area contributed by atoms with Gasteiger partial charge in [0.2, 0.25) is 5.95 Å². The molecule has 0 saturated heterocycles. The number of carboxylic acid groups (broad SMARTS) is 1. The van der Waals surface area contributed by atoms with Gasteiger partial charge in [-0.3, -0.25) is 4.68 Å². The van der Waals surface area contributed by atoms with Crippen LogP contribution in [0.5, 0.6) is 0 Å². The van der Waals surface area contributed by atoms with E-state index >= 15 is 0 Å². The third-order valence-corrected chi connectivity index (χ3v) is 5.53. The maximum absolute atomic E-state index is 12.7. The Bertz CT molecular complexity index is 936. The molecule has 32 heavy (non-hydrogen) atoms. The Balaban J connectivity index is 1.58. The van der Waals surface area contributed by atoms with E-state index in [4.69, 9.17) is 0 Å². The third-order valence-electron chi connectivity index (χ3n) is 5.53. The van der Waals surface area contributed by atoms with Gasteiger partial charge in [0.25, 0.3) is 0 Å². The SMILES string of the molecule is C[C@@H](CCCn1cc2c(n1)CCN(c1ncc(C(F)(F)F)cn1)C2)N(C(=O)O)C(C)(C)C. The van der Waals surface area contributed by atoms with E-state index in [2.05, 4.69) is 15.1 Å². The highest BCUT2D eigenvalue weighted by Gasteiger charge is 2.32. The second-order valence-corrected chi connectivity index (χ2v) is 9.12. The zero-order chi connectivity index (χ0) is 23.7. The van der Waals surface area contributed by atoms with Crippen molar-refractivity contribution in [3.63, 3.8) is 0 Å². The maximum Gasteiger partial charge on any atom is 0.419 e. The Morgan fingerprint density at radius 1 is 1.25 bits per heavy atom. The molecule has 3 heterocycles. The van der Waals surface area contributed by atoms with Gasteiger partial charge in [0.05, 0.1) is 11.3 Å². The van der Waals surface area contributed by atoms with E-state index < -0.39 is 23.4 Å². The lowest BCUT2D eigenvalue weighted by atomic mass is 10.0. The third kappa shape index (κ3) is 5.49. The summed E-state index contributed by atoms with van der Waals surface area (Å²) >= 11 is 0. The van der Waals surface area contributed by atoms with Crippen molar-refractivity contribution in [1.82, 2.24) is 24.6 Å². The summed E-state index contributed by atoms with van der Waals surface area (Å²) in [6.45, 7) is 9.27. The molecule has 2 aromatic rings. The summed E-state index contributed by atoms with van der Waals surface area (Å²) in [5.41, 5.74) is 0.617. The molecule has 1 aliphatic rings. The fourth-order valence-corrected chi connectivity index (χ4v) is 4.10. The number of alkyl halides is 3. The van der Waals surface area contributed by atoms with E-state index in [0.29, 0.717) is 32.5 Å². The molecule has 0 fully saturated rings. The lowest BCUT2D eigenvalue weighted by Crippen LogP contribution is -2.50. The van der Waals surface area contributed by atoms with Gasteiger partial charge >= 0.3 is 12.3 Å². The first-order chi connectivity index (χ1) is 14.9. The van der Waals surface area contributed by atoms with Crippen molar-refractivity contribution >= 4 is 12.0 Å². The molecular formula is C21H29F3N6O2. The molecule has 1 aliphatic heterocycles. The topological polar surface area (TPSA) is 87.4 Å². The largest absolute Gasteiger partial charge is 0.465 e. The summed E-state index contributed by atoms with van der Waals surface area (Å²) in [5.74, 6) is 0.265. The van der Waals surface area contributed by atoms with Crippen LogP contribution in [0.25, 0.3) is 0 Å². The molecule has 2 aromatic heterocycles. The predicted molar refractivity (Wildman–Crippen MR) is 112 cm³/mol. The Labute approximate surface area is 185 Å².